The molecule has 1 aliphatic rings. The maximum Gasteiger partial charge on any atom is 0.293 e. The van der Waals surface area contributed by atoms with Gasteiger partial charge >= 0.3 is 0 Å². The molecule has 15 heteroatoms. The first-order chi connectivity index (χ1) is 28.0. The van der Waals surface area contributed by atoms with Gasteiger partial charge < -0.3 is 20.0 Å². The van der Waals surface area contributed by atoms with Gasteiger partial charge in [-0.15, -0.1) is 11.8 Å². The first-order valence-electron chi connectivity index (χ1n) is 18.9. The molecule has 1 aromatic heterocycles. The van der Waals surface area contributed by atoms with Crippen LogP contribution in [0, 0.1) is 10.1 Å². The van der Waals surface area contributed by atoms with Gasteiger partial charge in [0.2, 0.25) is 0 Å². The summed E-state index contributed by atoms with van der Waals surface area (Å²) in [6, 6.07) is 39.2. The third-order valence-electron chi connectivity index (χ3n) is 9.94. The Morgan fingerprint density at radius 3 is 2.21 bits per heavy atom. The summed E-state index contributed by atoms with van der Waals surface area (Å²) >= 11 is 7.77. The molecular formula is C43H45ClN8O4S2. The fourth-order valence-corrected chi connectivity index (χ4v) is 9.04. The minimum atomic E-state index is -4.12. The average molecular weight is 837 g/mol. The number of anilines is 4. The van der Waals surface area contributed by atoms with Crippen LogP contribution in [0.4, 0.5) is 28.4 Å². The van der Waals surface area contributed by atoms with Gasteiger partial charge in [-0.2, -0.15) is 5.10 Å². The number of thioether (sulfide) groups is 1. The van der Waals surface area contributed by atoms with Gasteiger partial charge in [0.15, 0.2) is 0 Å². The number of piperazine rings is 1. The monoisotopic (exact) mass is 836 g/mol. The van der Waals surface area contributed by atoms with E-state index in [1.165, 1.54) is 12.1 Å². The Labute approximate surface area is 348 Å². The molecule has 58 heavy (non-hydrogen) atoms. The van der Waals surface area contributed by atoms with Crippen LogP contribution in [0.2, 0.25) is 5.02 Å². The van der Waals surface area contributed by atoms with E-state index in [0.29, 0.717) is 16.5 Å². The Balaban J connectivity index is 0.974. The van der Waals surface area contributed by atoms with Gasteiger partial charge in [0.05, 0.1) is 27.4 Å². The predicted octanol–water partition coefficient (Wildman–Crippen LogP) is 8.75. The molecule has 0 radical (unpaired) electrons. The van der Waals surface area contributed by atoms with Crippen LogP contribution in [-0.4, -0.2) is 86.6 Å². The van der Waals surface area contributed by atoms with Crippen molar-refractivity contribution in [3.8, 4) is 16.9 Å². The number of hydrogen-bond donors (Lipinski definition) is 2. The lowest BCUT2D eigenvalue weighted by atomic mass is 10.1. The maximum absolute atomic E-state index is 13.5. The minimum absolute atomic E-state index is 0.0950. The minimum Gasteiger partial charge on any atom is -0.376 e. The molecule has 0 bridgehead atoms. The number of nitrogens with one attached hydrogen (secondary N) is 2. The largest absolute Gasteiger partial charge is 0.376 e. The Morgan fingerprint density at radius 1 is 0.828 bits per heavy atom. The molecule has 2 N–H and O–H groups in total. The molecule has 1 atom stereocenters. The summed E-state index contributed by atoms with van der Waals surface area (Å²) in [5.41, 5.74) is 5.42. The number of halogens is 1. The highest BCUT2D eigenvalue weighted by Crippen LogP contribution is 2.32. The van der Waals surface area contributed by atoms with Crippen molar-refractivity contribution in [1.29, 1.82) is 0 Å². The highest BCUT2D eigenvalue weighted by Gasteiger charge is 2.24. The van der Waals surface area contributed by atoms with Crippen molar-refractivity contribution < 1.29 is 13.3 Å². The molecule has 1 fully saturated rings. The van der Waals surface area contributed by atoms with Gasteiger partial charge in [0.25, 0.3) is 15.7 Å². The quantitative estimate of drug-likeness (QED) is 0.0555. The number of benzene rings is 5. The van der Waals surface area contributed by atoms with E-state index in [0.717, 1.165) is 78.4 Å². The zero-order chi connectivity index (χ0) is 40.6. The van der Waals surface area contributed by atoms with Crippen LogP contribution in [0.25, 0.3) is 16.9 Å². The van der Waals surface area contributed by atoms with Gasteiger partial charge in [-0.25, -0.2) is 13.1 Å². The average Bonchev–Trinajstić information content (AvgIpc) is 3.73. The second-order valence-electron chi connectivity index (χ2n) is 14.3. The molecule has 0 unspecified atom stereocenters. The molecule has 0 saturated carbocycles. The molecule has 300 valence electrons. The summed E-state index contributed by atoms with van der Waals surface area (Å²) in [5, 5.41) is 20.8. The standard InChI is InChI=1S/C43H45ClN8O4S2/c1-48(2)24-22-35(31-57-39-9-4-3-5-10-39)46-41-20-19-40(30-43(41)52(53)54)58(55,56)47-34-13-17-36(18-14-34)49-25-27-50(28-26-49)38-8-6-7-32(29-38)42-21-23-45-51(42)37-15-11-33(44)12-16-37/h3-21,23,29-30,35,46-47H,22,24-28,31H2,1-2H3/t35-/m0/s1. The summed E-state index contributed by atoms with van der Waals surface area (Å²) in [6.45, 7) is 3.95. The Hall–Kier alpha value is -5.54. The SMILES string of the molecule is CN(C)CC[C@@H](CSc1ccccc1)Nc1ccc(S(=O)(=O)Nc2ccc(N3CCN(c4cccc(-c5ccnn5-c5ccc(Cl)cc5)c4)CC3)cc2)cc1[N+](=O)[O-]. The normalized spacial score (nSPS) is 13.7. The molecule has 0 amide bonds. The van der Waals surface area contributed by atoms with Gasteiger partial charge in [-0.3, -0.25) is 14.8 Å². The molecule has 7 rings (SSSR count). The van der Waals surface area contributed by atoms with E-state index in [2.05, 4.69) is 54.1 Å². The van der Waals surface area contributed by atoms with Crippen molar-refractivity contribution in [2.45, 2.75) is 22.3 Å². The lowest BCUT2D eigenvalue weighted by molar-refractivity contribution is -0.384. The molecule has 12 nitrogen and oxygen atoms in total. The zero-order valence-electron chi connectivity index (χ0n) is 32.2. The smallest absolute Gasteiger partial charge is 0.293 e. The van der Waals surface area contributed by atoms with Crippen molar-refractivity contribution in [2.24, 2.45) is 0 Å². The molecular weight excluding hydrogens is 792 g/mol. The summed E-state index contributed by atoms with van der Waals surface area (Å²) in [4.78, 5) is 19.3. The first-order valence-corrected chi connectivity index (χ1v) is 21.8. The first kappa shape index (κ1) is 40.6. The number of hydrogen-bond acceptors (Lipinski definition) is 10. The summed E-state index contributed by atoms with van der Waals surface area (Å²) in [6.07, 6.45) is 2.54. The number of nitro groups is 1. The second kappa shape index (κ2) is 18.4. The fraction of sp³-hybridized carbons (Fsp3) is 0.233. The van der Waals surface area contributed by atoms with E-state index in [1.54, 1.807) is 30.1 Å². The maximum atomic E-state index is 13.5. The number of sulfonamides is 1. The highest BCUT2D eigenvalue weighted by molar-refractivity contribution is 7.99. The third-order valence-corrected chi connectivity index (χ3v) is 12.7. The zero-order valence-corrected chi connectivity index (χ0v) is 34.6. The number of rotatable bonds is 16. The van der Waals surface area contributed by atoms with E-state index in [-0.39, 0.29) is 22.3 Å². The number of aromatic nitrogens is 2. The van der Waals surface area contributed by atoms with Crippen LogP contribution < -0.4 is 19.8 Å². The van der Waals surface area contributed by atoms with Crippen LogP contribution in [0.5, 0.6) is 0 Å². The van der Waals surface area contributed by atoms with Crippen LogP contribution in [-0.2, 0) is 10.0 Å². The topological polar surface area (TPSA) is 129 Å². The number of nitro benzene ring substituents is 1. The van der Waals surface area contributed by atoms with Crippen LogP contribution in [0.3, 0.4) is 0 Å². The van der Waals surface area contributed by atoms with Gasteiger partial charge in [-0.1, -0.05) is 41.9 Å². The van der Waals surface area contributed by atoms with Crippen LogP contribution in [0.15, 0.2) is 143 Å². The summed E-state index contributed by atoms with van der Waals surface area (Å²) < 4.78 is 31.6. The van der Waals surface area contributed by atoms with E-state index in [9.17, 15) is 18.5 Å². The third kappa shape index (κ3) is 10.1. The molecule has 1 saturated heterocycles. The van der Waals surface area contributed by atoms with Crippen molar-refractivity contribution >= 4 is 61.8 Å². The van der Waals surface area contributed by atoms with E-state index < -0.39 is 14.9 Å². The molecule has 1 aliphatic heterocycles. The van der Waals surface area contributed by atoms with Crippen molar-refractivity contribution in [1.82, 2.24) is 14.7 Å². The number of nitrogens with zero attached hydrogens (tertiary/aromatic N) is 6. The molecule has 2 heterocycles. The van der Waals surface area contributed by atoms with Gasteiger partial charge in [0.1, 0.15) is 5.69 Å². The summed E-state index contributed by atoms with van der Waals surface area (Å²) in [5.74, 6) is 0.677. The predicted molar refractivity (Wildman–Crippen MR) is 237 cm³/mol. The van der Waals surface area contributed by atoms with Crippen LogP contribution in [0.1, 0.15) is 6.42 Å². The van der Waals surface area contributed by atoms with Crippen molar-refractivity contribution in [3.05, 3.63) is 149 Å². The van der Waals surface area contributed by atoms with Gasteiger partial charge in [0, 0.05) is 76.6 Å². The Kier molecular flexibility index (Phi) is 12.9. The Bertz CT molecular complexity index is 2420. The Morgan fingerprint density at radius 2 is 1.52 bits per heavy atom. The van der Waals surface area contributed by atoms with Crippen molar-refractivity contribution in [2.75, 3.05) is 72.4 Å². The summed E-state index contributed by atoms with van der Waals surface area (Å²) in [7, 11) is -0.159. The van der Waals surface area contributed by atoms with E-state index in [4.69, 9.17) is 11.6 Å². The molecule has 0 aliphatic carbocycles. The van der Waals surface area contributed by atoms with Gasteiger partial charge in [-0.05, 0) is 118 Å². The van der Waals surface area contributed by atoms with Crippen LogP contribution >= 0.6 is 23.4 Å². The molecule has 5 aromatic carbocycles. The highest BCUT2D eigenvalue weighted by atomic mass is 35.5. The molecule has 0 spiro atoms. The van der Waals surface area contributed by atoms with Crippen molar-refractivity contribution in [3.63, 3.8) is 0 Å². The lowest BCUT2D eigenvalue weighted by Crippen LogP contribution is -2.46. The second-order valence-corrected chi connectivity index (χ2v) is 17.5. The molecule has 6 aromatic rings. The van der Waals surface area contributed by atoms with E-state index in [1.807, 2.05) is 91.6 Å². The van der Waals surface area contributed by atoms with E-state index >= 15 is 0 Å². The lowest BCUT2D eigenvalue weighted by Gasteiger charge is -2.37. The fourth-order valence-electron chi connectivity index (χ4n) is 6.85.